The second kappa shape index (κ2) is 9.74. The van der Waals surface area contributed by atoms with Crippen molar-refractivity contribution < 1.29 is 19.4 Å². The zero-order valence-electron chi connectivity index (χ0n) is 13.5. The van der Waals surface area contributed by atoms with Crippen molar-refractivity contribution >= 4 is 38.0 Å². The Bertz CT molecular complexity index is 713. The van der Waals surface area contributed by atoms with Crippen LogP contribution in [0.15, 0.2) is 45.3 Å². The van der Waals surface area contributed by atoms with E-state index in [9.17, 15) is 4.79 Å². The predicted octanol–water partition coefficient (Wildman–Crippen LogP) is 4.15. The lowest BCUT2D eigenvalue weighted by Gasteiger charge is -2.18. The standard InChI is InChI=1S/C17H18Br2N2O4/c1-11-14(18)7-15(19)16(20-11)25-10-13(21-17(22)23)9-24-8-12-5-3-2-4-6-12/h2-7,13,21H,8-10H2,1H3,(H,22,23)/t13-/m0/s1. The Morgan fingerprint density at radius 2 is 1.96 bits per heavy atom. The molecule has 25 heavy (non-hydrogen) atoms. The maximum Gasteiger partial charge on any atom is 0.405 e. The molecule has 1 aromatic heterocycles. The normalized spacial score (nSPS) is 11.8. The maximum absolute atomic E-state index is 11.0. The fraction of sp³-hybridized carbons (Fsp3) is 0.294. The summed E-state index contributed by atoms with van der Waals surface area (Å²) in [5, 5.41) is 11.4. The lowest BCUT2D eigenvalue weighted by atomic mass is 10.2. The lowest BCUT2D eigenvalue weighted by molar-refractivity contribution is 0.0800. The molecule has 1 atom stereocenters. The number of rotatable bonds is 8. The van der Waals surface area contributed by atoms with Crippen LogP contribution < -0.4 is 10.1 Å². The number of hydrogen-bond acceptors (Lipinski definition) is 4. The van der Waals surface area contributed by atoms with Crippen LogP contribution in [0.1, 0.15) is 11.3 Å². The van der Waals surface area contributed by atoms with Crippen LogP contribution in [0.25, 0.3) is 0 Å². The van der Waals surface area contributed by atoms with Crippen LogP contribution in [0.5, 0.6) is 5.88 Å². The molecule has 0 saturated carbocycles. The number of carboxylic acid groups (broad SMARTS) is 1. The van der Waals surface area contributed by atoms with E-state index in [0.717, 1.165) is 15.7 Å². The second-order valence-corrected chi connectivity index (χ2v) is 7.01. The van der Waals surface area contributed by atoms with Crippen LogP contribution in [-0.4, -0.2) is 35.4 Å². The van der Waals surface area contributed by atoms with Gasteiger partial charge in [0.1, 0.15) is 6.61 Å². The fourth-order valence-electron chi connectivity index (χ4n) is 2.02. The summed E-state index contributed by atoms with van der Waals surface area (Å²) in [6.45, 7) is 2.54. The van der Waals surface area contributed by atoms with E-state index in [2.05, 4.69) is 42.2 Å². The van der Waals surface area contributed by atoms with Crippen LogP contribution in [0.3, 0.4) is 0 Å². The summed E-state index contributed by atoms with van der Waals surface area (Å²) in [7, 11) is 0. The number of nitrogens with zero attached hydrogens (tertiary/aromatic N) is 1. The molecule has 1 aromatic carbocycles. The predicted molar refractivity (Wildman–Crippen MR) is 101 cm³/mol. The molecule has 1 amide bonds. The number of nitrogens with one attached hydrogen (secondary N) is 1. The van der Waals surface area contributed by atoms with Crippen molar-refractivity contribution in [1.29, 1.82) is 0 Å². The van der Waals surface area contributed by atoms with E-state index in [1.165, 1.54) is 0 Å². The van der Waals surface area contributed by atoms with Gasteiger partial charge in [0.25, 0.3) is 0 Å². The van der Waals surface area contributed by atoms with Crippen molar-refractivity contribution in [2.45, 2.75) is 19.6 Å². The molecule has 0 fully saturated rings. The van der Waals surface area contributed by atoms with Gasteiger partial charge in [-0.05, 0) is 50.4 Å². The van der Waals surface area contributed by atoms with Crippen molar-refractivity contribution in [1.82, 2.24) is 10.3 Å². The smallest absolute Gasteiger partial charge is 0.405 e. The first-order valence-corrected chi connectivity index (χ1v) is 9.11. The van der Waals surface area contributed by atoms with Gasteiger partial charge in [0.15, 0.2) is 0 Å². The highest BCUT2D eigenvalue weighted by Gasteiger charge is 2.15. The minimum Gasteiger partial charge on any atom is -0.475 e. The fourth-order valence-corrected chi connectivity index (χ4v) is 3.07. The van der Waals surface area contributed by atoms with Gasteiger partial charge in [-0.3, -0.25) is 0 Å². The highest BCUT2D eigenvalue weighted by Crippen LogP contribution is 2.28. The summed E-state index contributed by atoms with van der Waals surface area (Å²) in [6.07, 6.45) is -1.13. The van der Waals surface area contributed by atoms with Gasteiger partial charge in [0, 0.05) is 4.47 Å². The monoisotopic (exact) mass is 472 g/mol. The Hall–Kier alpha value is -1.64. The van der Waals surface area contributed by atoms with E-state index in [1.807, 2.05) is 43.3 Å². The van der Waals surface area contributed by atoms with Gasteiger partial charge in [-0.2, -0.15) is 0 Å². The number of amides is 1. The van der Waals surface area contributed by atoms with Crippen LogP contribution in [-0.2, 0) is 11.3 Å². The molecule has 8 heteroatoms. The van der Waals surface area contributed by atoms with Gasteiger partial charge in [-0.1, -0.05) is 30.3 Å². The van der Waals surface area contributed by atoms with Crippen LogP contribution in [0.2, 0.25) is 0 Å². The first kappa shape index (κ1) is 19.7. The maximum atomic E-state index is 11.0. The third-order valence-corrected chi connectivity index (χ3v) is 4.62. The molecule has 2 rings (SSSR count). The number of carbonyl (C=O) groups is 1. The average molecular weight is 474 g/mol. The van der Waals surface area contributed by atoms with Crippen LogP contribution in [0.4, 0.5) is 4.79 Å². The van der Waals surface area contributed by atoms with E-state index in [-0.39, 0.29) is 13.2 Å². The molecule has 0 radical (unpaired) electrons. The molecule has 0 aliphatic rings. The van der Waals surface area contributed by atoms with Crippen molar-refractivity contribution in [3.05, 3.63) is 56.6 Å². The third kappa shape index (κ3) is 6.64. The van der Waals surface area contributed by atoms with Crippen molar-refractivity contribution in [2.24, 2.45) is 0 Å². The Morgan fingerprint density at radius 1 is 1.24 bits per heavy atom. The Balaban J connectivity index is 1.91. The Morgan fingerprint density at radius 3 is 2.64 bits per heavy atom. The molecular weight excluding hydrogens is 456 g/mol. The molecule has 0 aliphatic heterocycles. The van der Waals surface area contributed by atoms with Gasteiger partial charge in [-0.15, -0.1) is 0 Å². The van der Waals surface area contributed by atoms with Gasteiger partial charge in [-0.25, -0.2) is 9.78 Å². The first-order chi connectivity index (χ1) is 12.0. The number of hydrogen-bond donors (Lipinski definition) is 2. The minimum absolute atomic E-state index is 0.105. The molecule has 2 N–H and O–H groups in total. The highest BCUT2D eigenvalue weighted by atomic mass is 79.9. The number of aromatic nitrogens is 1. The number of benzene rings is 1. The number of ether oxygens (including phenoxy) is 2. The second-order valence-electron chi connectivity index (χ2n) is 5.30. The molecule has 0 bridgehead atoms. The van der Waals surface area contributed by atoms with Gasteiger partial charge in [0.2, 0.25) is 5.88 Å². The summed E-state index contributed by atoms with van der Waals surface area (Å²) in [5.41, 5.74) is 1.80. The molecule has 0 saturated heterocycles. The number of pyridine rings is 1. The topological polar surface area (TPSA) is 80.7 Å². The number of halogens is 2. The third-order valence-electron chi connectivity index (χ3n) is 3.25. The van der Waals surface area contributed by atoms with E-state index in [0.29, 0.717) is 17.0 Å². The summed E-state index contributed by atoms with van der Waals surface area (Å²) in [5.74, 6) is 0.404. The van der Waals surface area contributed by atoms with E-state index >= 15 is 0 Å². The van der Waals surface area contributed by atoms with Crippen LogP contribution >= 0.6 is 31.9 Å². The first-order valence-electron chi connectivity index (χ1n) is 7.52. The minimum atomic E-state index is -1.13. The summed E-state index contributed by atoms with van der Waals surface area (Å²) >= 11 is 6.77. The molecule has 0 spiro atoms. The molecule has 1 heterocycles. The Labute approximate surface area is 162 Å². The molecule has 134 valence electrons. The average Bonchev–Trinajstić information content (AvgIpc) is 2.57. The summed E-state index contributed by atoms with van der Waals surface area (Å²) < 4.78 is 12.8. The summed E-state index contributed by atoms with van der Waals surface area (Å²) in [4.78, 5) is 15.3. The molecule has 0 aliphatic carbocycles. The zero-order chi connectivity index (χ0) is 18.2. The van der Waals surface area contributed by atoms with Crippen LogP contribution in [0, 0.1) is 6.92 Å². The highest BCUT2D eigenvalue weighted by molar-refractivity contribution is 9.11. The summed E-state index contributed by atoms with van der Waals surface area (Å²) in [6, 6.07) is 11.0. The molecule has 2 aromatic rings. The SMILES string of the molecule is Cc1nc(OC[C@H](COCc2ccccc2)NC(=O)O)c(Br)cc1Br. The van der Waals surface area contributed by atoms with Crippen molar-refractivity contribution in [3.63, 3.8) is 0 Å². The van der Waals surface area contributed by atoms with E-state index < -0.39 is 12.1 Å². The van der Waals surface area contributed by atoms with E-state index in [1.54, 1.807) is 0 Å². The molecular formula is C17H18Br2N2O4. The van der Waals surface area contributed by atoms with Crippen molar-refractivity contribution in [3.8, 4) is 5.88 Å². The van der Waals surface area contributed by atoms with E-state index in [4.69, 9.17) is 14.6 Å². The number of aryl methyl sites for hydroxylation is 1. The van der Waals surface area contributed by atoms with Gasteiger partial charge < -0.3 is 19.9 Å². The Kier molecular flexibility index (Phi) is 7.67. The van der Waals surface area contributed by atoms with Gasteiger partial charge in [0.05, 0.1) is 29.4 Å². The quantitative estimate of drug-likeness (QED) is 0.602. The van der Waals surface area contributed by atoms with Crippen molar-refractivity contribution in [2.75, 3.05) is 13.2 Å². The lowest BCUT2D eigenvalue weighted by Crippen LogP contribution is -2.41. The van der Waals surface area contributed by atoms with Gasteiger partial charge >= 0.3 is 6.09 Å². The zero-order valence-corrected chi connectivity index (χ0v) is 16.7. The molecule has 0 unspecified atom stereocenters. The molecule has 6 nitrogen and oxygen atoms in total. The largest absolute Gasteiger partial charge is 0.475 e.